The minimum atomic E-state index is -0.0769. The van der Waals surface area contributed by atoms with E-state index < -0.39 is 0 Å². The smallest absolute Gasteiger partial charge is 0.225 e. The third-order valence-electron chi connectivity index (χ3n) is 2.70. The van der Waals surface area contributed by atoms with Crippen molar-refractivity contribution in [3.63, 3.8) is 0 Å². The molecule has 2 aromatic rings. The number of nitrogens with zero attached hydrogens (tertiary/aromatic N) is 2. The lowest BCUT2D eigenvalue weighted by Gasteiger charge is -2.33. The zero-order chi connectivity index (χ0) is 14.3. The average Bonchev–Trinajstić information content (AvgIpc) is 2.60. The van der Waals surface area contributed by atoms with Crippen LogP contribution in [0.1, 0.15) is 41.0 Å². The number of fused-ring (bicyclic) bond motifs is 1. The second kappa shape index (κ2) is 4.91. The fraction of sp³-hybridized carbons (Fsp3) is 0.571. The molecule has 0 bridgehead atoms. The summed E-state index contributed by atoms with van der Waals surface area (Å²) in [7, 11) is 0. The molecule has 0 spiro atoms. The van der Waals surface area contributed by atoms with Crippen LogP contribution in [0.15, 0.2) is 11.4 Å². The van der Waals surface area contributed by atoms with E-state index in [0.717, 1.165) is 16.6 Å². The lowest BCUT2D eigenvalue weighted by molar-refractivity contribution is 0.301. The van der Waals surface area contributed by atoms with Crippen LogP contribution >= 0.6 is 22.9 Å². The van der Waals surface area contributed by atoms with Gasteiger partial charge in [0.1, 0.15) is 9.98 Å². The Labute approximate surface area is 123 Å². The summed E-state index contributed by atoms with van der Waals surface area (Å²) in [5.41, 5.74) is 0.167. The van der Waals surface area contributed by atoms with Crippen LogP contribution in [0.5, 0.6) is 0 Å². The van der Waals surface area contributed by atoms with Crippen LogP contribution in [0.4, 0.5) is 5.95 Å². The van der Waals surface area contributed by atoms with E-state index >= 15 is 0 Å². The van der Waals surface area contributed by atoms with Crippen LogP contribution < -0.4 is 5.32 Å². The van der Waals surface area contributed by atoms with Crippen LogP contribution in [0.3, 0.4) is 0 Å². The van der Waals surface area contributed by atoms with Gasteiger partial charge < -0.3 is 5.32 Å². The predicted octanol–water partition coefficient (Wildman–Crippen LogP) is 4.97. The Morgan fingerprint density at radius 3 is 2.53 bits per heavy atom. The van der Waals surface area contributed by atoms with Crippen molar-refractivity contribution in [3.05, 3.63) is 16.6 Å². The Bertz CT molecular complexity index is 584. The fourth-order valence-electron chi connectivity index (χ4n) is 2.55. The van der Waals surface area contributed by atoms with Crippen LogP contribution in [0.2, 0.25) is 5.15 Å². The number of rotatable bonds is 3. The summed E-state index contributed by atoms with van der Waals surface area (Å²) in [4.78, 5) is 9.79. The molecular weight excluding hydrogens is 278 g/mol. The van der Waals surface area contributed by atoms with Gasteiger partial charge in [0.2, 0.25) is 5.95 Å². The zero-order valence-corrected chi connectivity index (χ0v) is 13.6. The average molecular weight is 298 g/mol. The molecule has 0 atom stereocenters. The van der Waals surface area contributed by atoms with Crippen molar-refractivity contribution in [1.82, 2.24) is 9.97 Å². The van der Waals surface area contributed by atoms with Gasteiger partial charge in [-0.15, -0.1) is 11.3 Å². The maximum absolute atomic E-state index is 6.18. The standard InChI is InChI=1S/C14H20ClN3S/c1-13(2,3)8-14(4,5)18-12-16-10(15)9-6-7-19-11(9)17-12/h6-7H,8H2,1-5H3,(H,16,17,18). The summed E-state index contributed by atoms with van der Waals surface area (Å²) in [6, 6.07) is 1.95. The van der Waals surface area contributed by atoms with Crippen molar-refractivity contribution in [2.45, 2.75) is 46.6 Å². The summed E-state index contributed by atoms with van der Waals surface area (Å²) in [5.74, 6) is 0.606. The number of thiophene rings is 1. The molecular formula is C14H20ClN3S. The summed E-state index contributed by atoms with van der Waals surface area (Å²) in [6.07, 6.45) is 1.02. The summed E-state index contributed by atoms with van der Waals surface area (Å²) in [6.45, 7) is 11.0. The molecule has 0 aromatic carbocycles. The van der Waals surface area contributed by atoms with Gasteiger partial charge in [0, 0.05) is 10.9 Å². The lowest BCUT2D eigenvalue weighted by atomic mass is 9.82. The van der Waals surface area contributed by atoms with Gasteiger partial charge in [0.15, 0.2) is 0 Å². The Morgan fingerprint density at radius 2 is 1.89 bits per heavy atom. The van der Waals surface area contributed by atoms with Crippen molar-refractivity contribution in [1.29, 1.82) is 0 Å². The molecule has 2 heterocycles. The second-order valence-corrected chi connectivity index (χ2v) is 7.98. The Hall–Kier alpha value is -0.870. The van der Waals surface area contributed by atoms with E-state index in [9.17, 15) is 0 Å². The highest BCUT2D eigenvalue weighted by Gasteiger charge is 2.26. The fourth-order valence-corrected chi connectivity index (χ4v) is 3.60. The summed E-state index contributed by atoms with van der Waals surface area (Å²) >= 11 is 7.76. The largest absolute Gasteiger partial charge is 0.349 e. The first-order valence-electron chi connectivity index (χ1n) is 6.35. The molecule has 3 nitrogen and oxygen atoms in total. The molecule has 2 rings (SSSR count). The van der Waals surface area contributed by atoms with Gasteiger partial charge in [-0.3, -0.25) is 0 Å². The third kappa shape index (κ3) is 3.80. The molecule has 2 aromatic heterocycles. The van der Waals surface area contributed by atoms with Gasteiger partial charge in [-0.05, 0) is 37.1 Å². The van der Waals surface area contributed by atoms with E-state index in [2.05, 4.69) is 49.9 Å². The maximum Gasteiger partial charge on any atom is 0.225 e. The number of hydrogen-bond acceptors (Lipinski definition) is 4. The topological polar surface area (TPSA) is 37.8 Å². The van der Waals surface area contributed by atoms with E-state index in [-0.39, 0.29) is 11.0 Å². The van der Waals surface area contributed by atoms with Gasteiger partial charge in [-0.2, -0.15) is 0 Å². The molecule has 104 valence electrons. The second-order valence-electron chi connectivity index (χ2n) is 6.72. The van der Waals surface area contributed by atoms with E-state index in [1.54, 1.807) is 11.3 Å². The van der Waals surface area contributed by atoms with Gasteiger partial charge in [-0.25, -0.2) is 9.97 Å². The number of aromatic nitrogens is 2. The SMILES string of the molecule is CC(C)(C)CC(C)(C)Nc1nc(Cl)c2ccsc2n1. The van der Waals surface area contributed by atoms with Crippen LogP contribution in [-0.4, -0.2) is 15.5 Å². The van der Waals surface area contributed by atoms with Crippen molar-refractivity contribution in [3.8, 4) is 0 Å². The number of nitrogens with one attached hydrogen (secondary N) is 1. The van der Waals surface area contributed by atoms with Crippen LogP contribution in [0.25, 0.3) is 10.2 Å². The number of hydrogen-bond donors (Lipinski definition) is 1. The van der Waals surface area contributed by atoms with Crippen molar-refractivity contribution < 1.29 is 0 Å². The van der Waals surface area contributed by atoms with Crippen molar-refractivity contribution in [2.75, 3.05) is 5.32 Å². The first-order chi connectivity index (χ1) is 8.66. The molecule has 19 heavy (non-hydrogen) atoms. The number of halogens is 1. The monoisotopic (exact) mass is 297 g/mol. The molecule has 0 aliphatic heterocycles. The van der Waals surface area contributed by atoms with Gasteiger partial charge >= 0.3 is 0 Å². The molecule has 0 saturated heterocycles. The molecule has 0 radical (unpaired) electrons. The molecule has 0 aliphatic carbocycles. The zero-order valence-electron chi connectivity index (χ0n) is 12.0. The summed E-state index contributed by atoms with van der Waals surface area (Å²) < 4.78 is 0. The molecule has 0 amide bonds. The number of anilines is 1. The minimum Gasteiger partial charge on any atom is -0.349 e. The Kier molecular flexibility index (Phi) is 3.76. The van der Waals surface area contributed by atoms with Crippen molar-refractivity contribution >= 4 is 39.1 Å². The highest BCUT2D eigenvalue weighted by molar-refractivity contribution is 7.16. The van der Waals surface area contributed by atoms with Crippen molar-refractivity contribution in [2.24, 2.45) is 5.41 Å². The molecule has 1 N–H and O–H groups in total. The minimum absolute atomic E-state index is 0.0769. The third-order valence-corrected chi connectivity index (χ3v) is 3.80. The Balaban J connectivity index is 2.25. The van der Waals surface area contributed by atoms with Gasteiger partial charge in [0.05, 0.1) is 0 Å². The Morgan fingerprint density at radius 1 is 1.21 bits per heavy atom. The van der Waals surface area contributed by atoms with Crippen LogP contribution in [0, 0.1) is 5.41 Å². The maximum atomic E-state index is 6.18. The van der Waals surface area contributed by atoms with E-state index in [4.69, 9.17) is 11.6 Å². The van der Waals surface area contributed by atoms with Gasteiger partial charge in [0.25, 0.3) is 0 Å². The van der Waals surface area contributed by atoms with E-state index in [0.29, 0.717) is 11.1 Å². The van der Waals surface area contributed by atoms with Gasteiger partial charge in [-0.1, -0.05) is 32.4 Å². The normalized spacial score (nSPS) is 12.9. The molecule has 0 fully saturated rings. The van der Waals surface area contributed by atoms with Crippen LogP contribution in [-0.2, 0) is 0 Å². The summed E-state index contributed by atoms with van der Waals surface area (Å²) in [5, 5.41) is 6.82. The predicted molar refractivity (Wildman–Crippen MR) is 84.2 cm³/mol. The first-order valence-corrected chi connectivity index (χ1v) is 7.61. The molecule has 0 unspecified atom stereocenters. The lowest BCUT2D eigenvalue weighted by Crippen LogP contribution is -2.36. The molecule has 0 saturated carbocycles. The van der Waals surface area contributed by atoms with E-state index in [1.165, 1.54) is 0 Å². The molecule has 0 aliphatic rings. The highest BCUT2D eigenvalue weighted by Crippen LogP contribution is 2.31. The quantitative estimate of drug-likeness (QED) is 0.813. The van der Waals surface area contributed by atoms with E-state index in [1.807, 2.05) is 11.4 Å². The highest BCUT2D eigenvalue weighted by atomic mass is 35.5. The first kappa shape index (κ1) is 14.5. The molecule has 5 heteroatoms.